The summed E-state index contributed by atoms with van der Waals surface area (Å²) in [6.45, 7) is 1.93. The summed E-state index contributed by atoms with van der Waals surface area (Å²) in [4.78, 5) is 16.7. The van der Waals surface area contributed by atoms with Crippen molar-refractivity contribution < 1.29 is 9.53 Å². The number of ether oxygens (including phenoxy) is 1. The zero-order valence-corrected chi connectivity index (χ0v) is 13.4. The van der Waals surface area contributed by atoms with Gasteiger partial charge in [-0.3, -0.25) is 0 Å². The predicted octanol–water partition coefficient (Wildman–Crippen LogP) is 4.06. The number of benzene rings is 2. The first-order valence-electron chi connectivity index (χ1n) is 8.03. The number of likely N-dealkylation sites (tertiary alicyclic amines) is 1. The number of hydrogen-bond acceptors (Lipinski definition) is 3. The van der Waals surface area contributed by atoms with Crippen LogP contribution in [0.3, 0.4) is 0 Å². The summed E-state index contributed by atoms with van der Waals surface area (Å²) in [6.07, 6.45) is 1.46. The van der Waals surface area contributed by atoms with E-state index in [0.29, 0.717) is 0 Å². The molecule has 4 heteroatoms. The lowest BCUT2D eigenvalue weighted by atomic mass is 10.1. The Bertz CT molecular complexity index is 583. The van der Waals surface area contributed by atoms with Crippen molar-refractivity contribution in [3.8, 4) is 0 Å². The van der Waals surface area contributed by atoms with Crippen LogP contribution in [0.2, 0.25) is 0 Å². The molecule has 0 saturated carbocycles. The number of nitrogens with zero attached hydrogens (tertiary/aromatic N) is 2. The highest BCUT2D eigenvalue weighted by atomic mass is 16.6. The van der Waals surface area contributed by atoms with Crippen LogP contribution in [0.4, 0.5) is 16.2 Å². The van der Waals surface area contributed by atoms with Crippen LogP contribution in [0.15, 0.2) is 60.7 Å². The zero-order chi connectivity index (χ0) is 16.1. The number of carbonyl (C=O) groups excluding carboxylic acids is 1. The third-order valence-electron chi connectivity index (χ3n) is 4.14. The number of rotatable bonds is 3. The molecule has 0 unspecified atom stereocenters. The maximum atomic E-state index is 12.8. The van der Waals surface area contributed by atoms with Gasteiger partial charge in [0.25, 0.3) is 0 Å². The molecule has 0 bridgehead atoms. The number of carbonyl (C=O) groups is 1. The summed E-state index contributed by atoms with van der Waals surface area (Å²) in [5, 5.41) is 0. The van der Waals surface area contributed by atoms with Gasteiger partial charge < -0.3 is 9.64 Å². The van der Waals surface area contributed by atoms with E-state index in [1.807, 2.05) is 60.7 Å². The molecular weight excluding hydrogens is 288 g/mol. The molecule has 0 aromatic heterocycles. The van der Waals surface area contributed by atoms with Gasteiger partial charge in [0, 0.05) is 13.1 Å². The van der Waals surface area contributed by atoms with Crippen LogP contribution < -0.4 is 4.90 Å². The van der Waals surface area contributed by atoms with Gasteiger partial charge in [-0.05, 0) is 44.2 Å². The summed E-state index contributed by atoms with van der Waals surface area (Å²) < 4.78 is 5.77. The molecule has 2 aromatic carbocycles. The van der Waals surface area contributed by atoms with Crippen molar-refractivity contribution in [1.82, 2.24) is 4.90 Å². The molecule has 1 fully saturated rings. The average Bonchev–Trinajstić information content (AvgIpc) is 2.59. The topological polar surface area (TPSA) is 32.8 Å². The SMILES string of the molecule is CN1CCC(OC(=O)N(c2ccccc2)c2ccccc2)CC1. The van der Waals surface area contributed by atoms with Crippen LogP contribution in [-0.4, -0.2) is 37.2 Å². The van der Waals surface area contributed by atoms with Crippen LogP contribution >= 0.6 is 0 Å². The average molecular weight is 310 g/mol. The summed E-state index contributed by atoms with van der Waals surface area (Å²) in [5.74, 6) is 0. The minimum Gasteiger partial charge on any atom is -0.445 e. The Morgan fingerprint density at radius 2 is 1.43 bits per heavy atom. The van der Waals surface area contributed by atoms with Gasteiger partial charge in [-0.25, -0.2) is 9.69 Å². The van der Waals surface area contributed by atoms with Crippen LogP contribution in [0.25, 0.3) is 0 Å². The van der Waals surface area contributed by atoms with Crippen molar-refractivity contribution in [2.45, 2.75) is 18.9 Å². The third-order valence-corrected chi connectivity index (χ3v) is 4.14. The summed E-state index contributed by atoms with van der Waals surface area (Å²) in [7, 11) is 2.10. The zero-order valence-electron chi connectivity index (χ0n) is 13.4. The molecule has 1 aliphatic rings. The molecule has 0 radical (unpaired) electrons. The van der Waals surface area contributed by atoms with Gasteiger partial charge in [0.2, 0.25) is 0 Å². The van der Waals surface area contributed by atoms with Gasteiger partial charge in [0.15, 0.2) is 0 Å². The summed E-state index contributed by atoms with van der Waals surface area (Å²) in [5.41, 5.74) is 1.63. The standard InChI is InChI=1S/C19H22N2O2/c1-20-14-12-18(13-15-20)23-19(22)21(16-8-4-2-5-9-16)17-10-6-3-7-11-17/h2-11,18H,12-15H2,1H3. The molecular formula is C19H22N2O2. The second-order valence-corrected chi connectivity index (χ2v) is 5.89. The van der Waals surface area contributed by atoms with E-state index in [2.05, 4.69) is 11.9 Å². The van der Waals surface area contributed by atoms with E-state index in [9.17, 15) is 4.79 Å². The van der Waals surface area contributed by atoms with Crippen molar-refractivity contribution in [3.05, 3.63) is 60.7 Å². The molecule has 120 valence electrons. The van der Waals surface area contributed by atoms with Gasteiger partial charge >= 0.3 is 6.09 Å². The van der Waals surface area contributed by atoms with Crippen molar-refractivity contribution in [3.63, 3.8) is 0 Å². The van der Waals surface area contributed by atoms with E-state index in [1.54, 1.807) is 4.90 Å². The minimum absolute atomic E-state index is 0.00590. The molecule has 1 aliphatic heterocycles. The van der Waals surface area contributed by atoms with Gasteiger partial charge in [-0.2, -0.15) is 0 Å². The van der Waals surface area contributed by atoms with E-state index in [4.69, 9.17) is 4.74 Å². The van der Waals surface area contributed by atoms with Crippen molar-refractivity contribution in [2.24, 2.45) is 0 Å². The quantitative estimate of drug-likeness (QED) is 0.857. The van der Waals surface area contributed by atoms with Crippen molar-refractivity contribution in [1.29, 1.82) is 0 Å². The number of anilines is 2. The molecule has 1 saturated heterocycles. The van der Waals surface area contributed by atoms with E-state index in [0.717, 1.165) is 37.3 Å². The van der Waals surface area contributed by atoms with E-state index >= 15 is 0 Å². The lowest BCUT2D eigenvalue weighted by molar-refractivity contribution is 0.0632. The molecule has 0 spiro atoms. The molecule has 1 heterocycles. The Balaban J connectivity index is 1.79. The molecule has 3 rings (SSSR count). The molecule has 23 heavy (non-hydrogen) atoms. The smallest absolute Gasteiger partial charge is 0.419 e. The maximum Gasteiger partial charge on any atom is 0.419 e. The lowest BCUT2D eigenvalue weighted by Crippen LogP contribution is -2.38. The summed E-state index contributed by atoms with van der Waals surface area (Å²) >= 11 is 0. The lowest BCUT2D eigenvalue weighted by Gasteiger charge is -2.31. The first kappa shape index (κ1) is 15.6. The molecule has 0 N–H and O–H groups in total. The fourth-order valence-corrected chi connectivity index (χ4v) is 2.81. The fourth-order valence-electron chi connectivity index (χ4n) is 2.81. The molecule has 4 nitrogen and oxygen atoms in total. The first-order chi connectivity index (χ1) is 11.2. The number of para-hydroxylation sites is 2. The summed E-state index contributed by atoms with van der Waals surface area (Å²) in [6, 6.07) is 19.3. The van der Waals surface area contributed by atoms with E-state index in [1.165, 1.54) is 0 Å². The Hall–Kier alpha value is -2.33. The van der Waals surface area contributed by atoms with Gasteiger partial charge in [0.05, 0.1) is 11.4 Å². The Labute approximate surface area is 137 Å². The Morgan fingerprint density at radius 3 is 1.91 bits per heavy atom. The van der Waals surface area contributed by atoms with Crippen molar-refractivity contribution in [2.75, 3.05) is 25.0 Å². The number of piperidine rings is 1. The number of hydrogen-bond donors (Lipinski definition) is 0. The van der Waals surface area contributed by atoms with Gasteiger partial charge in [-0.1, -0.05) is 36.4 Å². The first-order valence-corrected chi connectivity index (χ1v) is 8.03. The highest BCUT2D eigenvalue weighted by Gasteiger charge is 2.25. The molecule has 2 aromatic rings. The molecule has 1 amide bonds. The second-order valence-electron chi connectivity index (χ2n) is 5.89. The van der Waals surface area contributed by atoms with Crippen LogP contribution in [0, 0.1) is 0 Å². The highest BCUT2D eigenvalue weighted by Crippen LogP contribution is 2.27. The second kappa shape index (κ2) is 7.29. The normalized spacial score (nSPS) is 16.0. The maximum absolute atomic E-state index is 12.8. The Kier molecular flexibility index (Phi) is 4.93. The predicted molar refractivity (Wildman–Crippen MR) is 92.0 cm³/mol. The van der Waals surface area contributed by atoms with Crippen LogP contribution in [-0.2, 0) is 4.74 Å². The van der Waals surface area contributed by atoms with Gasteiger partial charge in [-0.15, -0.1) is 0 Å². The fraction of sp³-hybridized carbons (Fsp3) is 0.316. The largest absolute Gasteiger partial charge is 0.445 e. The number of amides is 1. The Morgan fingerprint density at radius 1 is 0.957 bits per heavy atom. The van der Waals surface area contributed by atoms with Crippen LogP contribution in [0.5, 0.6) is 0 Å². The van der Waals surface area contributed by atoms with Crippen LogP contribution in [0.1, 0.15) is 12.8 Å². The monoisotopic (exact) mass is 310 g/mol. The minimum atomic E-state index is -0.308. The van der Waals surface area contributed by atoms with E-state index < -0.39 is 0 Å². The van der Waals surface area contributed by atoms with E-state index in [-0.39, 0.29) is 12.2 Å². The molecule has 0 aliphatic carbocycles. The third kappa shape index (κ3) is 3.90. The van der Waals surface area contributed by atoms with Crippen molar-refractivity contribution >= 4 is 17.5 Å². The highest BCUT2D eigenvalue weighted by molar-refractivity contribution is 5.96. The van der Waals surface area contributed by atoms with Gasteiger partial charge in [0.1, 0.15) is 6.10 Å². The molecule has 0 atom stereocenters.